The van der Waals surface area contributed by atoms with Gasteiger partial charge in [0.25, 0.3) is 0 Å². The van der Waals surface area contributed by atoms with Gasteiger partial charge in [0.2, 0.25) is 0 Å². The van der Waals surface area contributed by atoms with Crippen LogP contribution in [0, 0.1) is 34.0 Å². The monoisotopic (exact) mass is 330 g/mol. The first-order valence-corrected chi connectivity index (χ1v) is 9.61. The summed E-state index contributed by atoms with van der Waals surface area (Å²) < 4.78 is 5.20. The zero-order valence-electron chi connectivity index (χ0n) is 15.3. The smallest absolute Gasteiger partial charge is 0.311 e. The molecule has 1 spiro atoms. The molecule has 0 unspecified atom stereocenters. The molecule has 4 fully saturated rings. The molecular formula is C21H30O3. The number of hydrogen-bond donors (Lipinski definition) is 0. The molecule has 4 aliphatic carbocycles. The van der Waals surface area contributed by atoms with Crippen LogP contribution in [0.4, 0.5) is 0 Å². The van der Waals surface area contributed by atoms with Gasteiger partial charge in [-0.3, -0.25) is 9.59 Å². The van der Waals surface area contributed by atoms with Crippen molar-refractivity contribution in [3.05, 3.63) is 12.2 Å². The number of carbonyl (C=O) groups is 2. The average molecular weight is 330 g/mol. The summed E-state index contributed by atoms with van der Waals surface area (Å²) in [5.41, 5.74) is 0.412. The Hall–Kier alpha value is -1.12. The first-order valence-electron chi connectivity index (χ1n) is 9.61. The van der Waals surface area contributed by atoms with E-state index < -0.39 is 5.41 Å². The highest BCUT2D eigenvalue weighted by atomic mass is 16.5. The summed E-state index contributed by atoms with van der Waals surface area (Å²) in [6.07, 6.45) is 8.29. The van der Waals surface area contributed by atoms with E-state index in [9.17, 15) is 9.59 Å². The Balaban J connectivity index is 1.77. The van der Waals surface area contributed by atoms with E-state index in [1.165, 1.54) is 7.11 Å². The normalized spacial score (nSPS) is 50.2. The Morgan fingerprint density at radius 2 is 1.88 bits per heavy atom. The maximum Gasteiger partial charge on any atom is 0.311 e. The summed E-state index contributed by atoms with van der Waals surface area (Å²) in [6.45, 7) is 8.62. The van der Waals surface area contributed by atoms with Crippen LogP contribution in [0.3, 0.4) is 0 Å². The number of esters is 1. The van der Waals surface area contributed by atoms with E-state index in [0.29, 0.717) is 23.5 Å². The van der Waals surface area contributed by atoms with Crippen LogP contribution >= 0.6 is 0 Å². The molecule has 0 aromatic rings. The Morgan fingerprint density at radius 1 is 1.12 bits per heavy atom. The van der Waals surface area contributed by atoms with Crippen molar-refractivity contribution in [2.75, 3.05) is 7.11 Å². The van der Waals surface area contributed by atoms with Gasteiger partial charge in [0, 0.05) is 5.41 Å². The summed E-state index contributed by atoms with van der Waals surface area (Å²) >= 11 is 0. The number of carbonyl (C=O) groups excluding carboxylic acids is 2. The van der Waals surface area contributed by atoms with E-state index in [4.69, 9.17) is 4.74 Å². The molecular weight excluding hydrogens is 300 g/mol. The highest BCUT2D eigenvalue weighted by Gasteiger charge is 2.68. The van der Waals surface area contributed by atoms with Gasteiger partial charge in [-0.05, 0) is 80.6 Å². The minimum absolute atomic E-state index is 0.0507. The lowest BCUT2D eigenvalue weighted by molar-refractivity contribution is -0.184. The van der Waals surface area contributed by atoms with Gasteiger partial charge in [0.15, 0.2) is 5.78 Å². The molecule has 0 amide bonds. The van der Waals surface area contributed by atoms with Crippen LogP contribution in [0.25, 0.3) is 0 Å². The van der Waals surface area contributed by atoms with Crippen LogP contribution in [-0.2, 0) is 14.3 Å². The number of allylic oxidation sites excluding steroid dienone is 1. The second kappa shape index (κ2) is 4.95. The zero-order chi connectivity index (χ0) is 17.3. The third-order valence-corrected chi connectivity index (χ3v) is 8.62. The maximum atomic E-state index is 13.1. The van der Waals surface area contributed by atoms with Gasteiger partial charge in [-0.1, -0.05) is 19.9 Å². The van der Waals surface area contributed by atoms with Crippen molar-refractivity contribution < 1.29 is 14.3 Å². The quantitative estimate of drug-likeness (QED) is 0.531. The number of methoxy groups -OCH3 is 1. The topological polar surface area (TPSA) is 43.4 Å². The van der Waals surface area contributed by atoms with Crippen molar-refractivity contribution in [3.8, 4) is 0 Å². The van der Waals surface area contributed by atoms with Crippen molar-refractivity contribution >= 4 is 11.8 Å². The Labute approximate surface area is 145 Å². The van der Waals surface area contributed by atoms with E-state index in [2.05, 4.69) is 20.4 Å². The number of hydrogen-bond acceptors (Lipinski definition) is 3. The number of ether oxygens (including phenoxy) is 1. The predicted molar refractivity (Wildman–Crippen MR) is 92.2 cm³/mol. The molecule has 0 aromatic heterocycles. The largest absolute Gasteiger partial charge is 0.469 e. The van der Waals surface area contributed by atoms with Crippen LogP contribution in [0.1, 0.15) is 65.2 Å². The van der Waals surface area contributed by atoms with E-state index in [1.54, 1.807) is 0 Å². The van der Waals surface area contributed by atoms with Gasteiger partial charge in [-0.2, -0.15) is 0 Å². The average Bonchev–Trinajstić information content (AvgIpc) is 2.74. The summed E-state index contributed by atoms with van der Waals surface area (Å²) in [7, 11) is 1.51. The molecule has 2 bridgehead atoms. The molecule has 0 saturated heterocycles. The molecule has 0 aliphatic heterocycles. The molecule has 6 atom stereocenters. The predicted octanol–water partition coefficient (Wildman–Crippen LogP) is 4.31. The van der Waals surface area contributed by atoms with E-state index in [-0.39, 0.29) is 16.8 Å². The van der Waals surface area contributed by atoms with Crippen LogP contribution < -0.4 is 0 Å². The lowest BCUT2D eigenvalue weighted by atomic mass is 9.41. The molecule has 3 heteroatoms. The molecule has 3 nitrogen and oxygen atoms in total. The molecule has 0 aromatic carbocycles. The summed E-state index contributed by atoms with van der Waals surface area (Å²) in [4.78, 5) is 25.7. The van der Waals surface area contributed by atoms with Crippen molar-refractivity contribution in [1.82, 2.24) is 0 Å². The third kappa shape index (κ3) is 1.74. The second-order valence-corrected chi connectivity index (χ2v) is 9.40. The van der Waals surface area contributed by atoms with Crippen molar-refractivity contribution in [3.63, 3.8) is 0 Å². The SMILES string of the molecule is C=C1C(=O)[C@@]23CC[C@H]4[C@@](C)(CCC[C@]4(C)C(=O)OC)[C@@H]2CC[C@@H]1C3. The lowest BCUT2D eigenvalue weighted by Gasteiger charge is -2.62. The highest BCUT2D eigenvalue weighted by molar-refractivity contribution is 6.03. The van der Waals surface area contributed by atoms with Gasteiger partial charge >= 0.3 is 5.97 Å². The van der Waals surface area contributed by atoms with Gasteiger partial charge in [0.1, 0.15) is 0 Å². The van der Waals surface area contributed by atoms with Gasteiger partial charge in [-0.15, -0.1) is 0 Å². The second-order valence-electron chi connectivity index (χ2n) is 9.40. The van der Waals surface area contributed by atoms with Crippen LogP contribution in [0.5, 0.6) is 0 Å². The first-order chi connectivity index (χ1) is 11.3. The van der Waals surface area contributed by atoms with Gasteiger partial charge in [-0.25, -0.2) is 0 Å². The van der Waals surface area contributed by atoms with Crippen molar-refractivity contribution in [1.29, 1.82) is 0 Å². The maximum absolute atomic E-state index is 13.1. The van der Waals surface area contributed by atoms with Crippen LogP contribution in [-0.4, -0.2) is 18.9 Å². The van der Waals surface area contributed by atoms with Crippen molar-refractivity contribution in [2.24, 2.45) is 34.0 Å². The molecule has 4 saturated carbocycles. The van der Waals surface area contributed by atoms with Gasteiger partial charge in [0.05, 0.1) is 12.5 Å². The Morgan fingerprint density at radius 3 is 2.58 bits per heavy atom. The zero-order valence-corrected chi connectivity index (χ0v) is 15.3. The fourth-order valence-corrected chi connectivity index (χ4v) is 7.59. The Bertz CT molecular complexity index is 623. The molecule has 4 aliphatic rings. The summed E-state index contributed by atoms with van der Waals surface area (Å²) in [6, 6.07) is 0. The molecule has 4 rings (SSSR count). The van der Waals surface area contributed by atoms with E-state index in [1.807, 2.05) is 0 Å². The first kappa shape index (κ1) is 16.4. The fourth-order valence-electron chi connectivity index (χ4n) is 7.59. The number of fused-ring (bicyclic) bond motifs is 3. The third-order valence-electron chi connectivity index (χ3n) is 8.62. The highest BCUT2D eigenvalue weighted by Crippen LogP contribution is 2.71. The van der Waals surface area contributed by atoms with Crippen LogP contribution in [0.15, 0.2) is 12.2 Å². The molecule has 0 heterocycles. The summed E-state index contributed by atoms with van der Waals surface area (Å²) in [5, 5.41) is 0. The minimum atomic E-state index is -0.390. The molecule has 0 radical (unpaired) electrons. The molecule has 24 heavy (non-hydrogen) atoms. The molecule has 0 N–H and O–H groups in total. The van der Waals surface area contributed by atoms with Crippen LogP contribution in [0.2, 0.25) is 0 Å². The fraction of sp³-hybridized carbons (Fsp3) is 0.810. The number of Topliss-reactive ketones (excluding diaryl/α,β-unsaturated/α-hetero) is 1. The summed E-state index contributed by atoms with van der Waals surface area (Å²) in [5.74, 6) is 1.48. The number of rotatable bonds is 1. The van der Waals surface area contributed by atoms with E-state index >= 15 is 0 Å². The van der Waals surface area contributed by atoms with Crippen molar-refractivity contribution in [2.45, 2.75) is 65.2 Å². The minimum Gasteiger partial charge on any atom is -0.469 e. The standard InChI is InChI=1S/C21H30O3/c1-13-14-6-7-16-19(2)9-5-10-20(3,18(23)24-4)15(19)8-11-21(16,12-14)17(13)22/h14-16H,1,5-12H2,2-4H3/t14-,15+,16+,19-,20+,21-/m1/s1. The molecule has 132 valence electrons. The van der Waals surface area contributed by atoms with Gasteiger partial charge < -0.3 is 4.74 Å². The number of ketones is 1. The Kier molecular flexibility index (Phi) is 3.38. The van der Waals surface area contributed by atoms with E-state index in [0.717, 1.165) is 56.9 Å². The lowest BCUT2D eigenvalue weighted by Crippen LogP contribution is -2.59.